The van der Waals surface area contributed by atoms with Crippen LogP contribution in [0.2, 0.25) is 0 Å². The first-order valence-corrected chi connectivity index (χ1v) is 13.4. The quantitative estimate of drug-likeness (QED) is 0.448. The number of hydrogen-bond donors (Lipinski definition) is 1. The van der Waals surface area contributed by atoms with Crippen LogP contribution in [0.1, 0.15) is 113 Å². The van der Waals surface area contributed by atoms with Crippen LogP contribution in [0.25, 0.3) is 0 Å². The van der Waals surface area contributed by atoms with E-state index in [2.05, 4.69) is 67.5 Å². The van der Waals surface area contributed by atoms with Gasteiger partial charge in [-0.2, -0.15) is 0 Å². The van der Waals surface area contributed by atoms with Crippen LogP contribution in [-0.2, 0) is 0 Å². The Balaban J connectivity index is 1.62. The Hall–Kier alpha value is -0.560. The highest BCUT2D eigenvalue weighted by Gasteiger charge is 2.67. The Morgan fingerprint density at radius 3 is 2.42 bits per heavy atom. The topological polar surface area (TPSA) is 20.2 Å². The molecule has 4 aliphatic rings. The van der Waals surface area contributed by atoms with Crippen molar-refractivity contribution in [3.05, 3.63) is 23.3 Å². The summed E-state index contributed by atoms with van der Waals surface area (Å²) in [6.07, 6.45) is 16.5. The molecule has 31 heavy (non-hydrogen) atoms. The van der Waals surface area contributed by atoms with E-state index in [1.54, 1.807) is 5.57 Å². The summed E-state index contributed by atoms with van der Waals surface area (Å²) in [4.78, 5) is 0. The summed E-state index contributed by atoms with van der Waals surface area (Å²) in [5.41, 5.74) is 4.37. The zero-order valence-electron chi connectivity index (χ0n) is 21.9. The van der Waals surface area contributed by atoms with Crippen LogP contribution >= 0.6 is 0 Å². The van der Waals surface area contributed by atoms with Gasteiger partial charge in [0.2, 0.25) is 0 Å². The van der Waals surface area contributed by atoms with E-state index in [9.17, 15) is 5.11 Å². The zero-order valence-corrected chi connectivity index (χ0v) is 21.9. The van der Waals surface area contributed by atoms with Gasteiger partial charge in [-0.25, -0.2) is 0 Å². The van der Waals surface area contributed by atoms with Crippen molar-refractivity contribution in [1.82, 2.24) is 0 Å². The SMILES string of the molecule is CC(C)=CCC[C@@H](C)[C@H]1CC[C@]2(C)[C@@H]3CC=C4[C@@H](CC[C@@H](O)C4(C)C)[C@]3(C)CC[C@]12C. The summed E-state index contributed by atoms with van der Waals surface area (Å²) in [5, 5.41) is 10.8. The molecule has 0 radical (unpaired) electrons. The van der Waals surface area contributed by atoms with E-state index in [0.29, 0.717) is 22.2 Å². The Bertz CT molecular complexity index is 754. The number of allylic oxidation sites excluding steroid dienone is 3. The van der Waals surface area contributed by atoms with Crippen LogP contribution in [0.15, 0.2) is 23.3 Å². The lowest BCUT2D eigenvalue weighted by atomic mass is 9.39. The van der Waals surface area contributed by atoms with E-state index < -0.39 is 0 Å². The van der Waals surface area contributed by atoms with Crippen LogP contribution in [-0.4, -0.2) is 11.2 Å². The molecule has 1 N–H and O–H groups in total. The summed E-state index contributed by atoms with van der Waals surface area (Å²) >= 11 is 0. The summed E-state index contributed by atoms with van der Waals surface area (Å²) in [5.74, 6) is 3.18. The second-order valence-electron chi connectivity index (χ2n) is 13.6. The van der Waals surface area contributed by atoms with Crippen molar-refractivity contribution < 1.29 is 5.11 Å². The molecule has 3 saturated carbocycles. The van der Waals surface area contributed by atoms with Gasteiger partial charge in [-0.15, -0.1) is 0 Å². The molecule has 3 fully saturated rings. The van der Waals surface area contributed by atoms with Crippen LogP contribution < -0.4 is 0 Å². The minimum absolute atomic E-state index is 0.0454. The lowest BCUT2D eigenvalue weighted by Gasteiger charge is -2.66. The normalized spacial score (nSPS) is 46.9. The molecule has 176 valence electrons. The van der Waals surface area contributed by atoms with Gasteiger partial charge in [0, 0.05) is 5.41 Å². The molecule has 8 atom stereocenters. The molecule has 0 aromatic rings. The Morgan fingerprint density at radius 2 is 1.74 bits per heavy atom. The molecule has 0 unspecified atom stereocenters. The van der Waals surface area contributed by atoms with Crippen molar-refractivity contribution in [2.24, 2.45) is 45.3 Å². The third-order valence-corrected chi connectivity index (χ3v) is 11.8. The summed E-state index contributed by atoms with van der Waals surface area (Å²) < 4.78 is 0. The van der Waals surface area contributed by atoms with Crippen LogP contribution in [0, 0.1) is 45.3 Å². The van der Waals surface area contributed by atoms with Gasteiger partial charge < -0.3 is 5.11 Å². The molecular weight excluding hydrogens is 376 g/mol. The fourth-order valence-electron chi connectivity index (χ4n) is 9.47. The number of aliphatic hydroxyl groups is 1. The van der Waals surface area contributed by atoms with Crippen LogP contribution in [0.3, 0.4) is 0 Å². The predicted molar refractivity (Wildman–Crippen MR) is 133 cm³/mol. The Morgan fingerprint density at radius 1 is 1.03 bits per heavy atom. The van der Waals surface area contributed by atoms with E-state index in [0.717, 1.165) is 24.2 Å². The monoisotopic (exact) mass is 426 g/mol. The van der Waals surface area contributed by atoms with Gasteiger partial charge in [0.25, 0.3) is 0 Å². The van der Waals surface area contributed by atoms with Crippen molar-refractivity contribution in [1.29, 1.82) is 0 Å². The van der Waals surface area contributed by atoms with Gasteiger partial charge in [-0.1, -0.05) is 64.8 Å². The maximum absolute atomic E-state index is 10.8. The van der Waals surface area contributed by atoms with E-state index in [4.69, 9.17) is 0 Å². The molecule has 0 aliphatic heterocycles. The van der Waals surface area contributed by atoms with E-state index in [1.807, 2.05) is 0 Å². The fraction of sp³-hybridized carbons (Fsp3) is 0.867. The molecule has 0 heterocycles. The molecule has 0 amide bonds. The maximum Gasteiger partial charge on any atom is 0.0628 e. The van der Waals surface area contributed by atoms with Crippen molar-refractivity contribution in [3.63, 3.8) is 0 Å². The average Bonchev–Trinajstić information content (AvgIpc) is 2.96. The minimum Gasteiger partial charge on any atom is -0.392 e. The van der Waals surface area contributed by atoms with Gasteiger partial charge in [0.15, 0.2) is 0 Å². The molecule has 4 rings (SSSR count). The molecule has 0 aromatic heterocycles. The lowest BCUT2D eigenvalue weighted by molar-refractivity contribution is -0.145. The second-order valence-corrected chi connectivity index (χ2v) is 13.6. The lowest BCUT2D eigenvalue weighted by Crippen LogP contribution is -2.59. The number of fused-ring (bicyclic) bond motifs is 5. The third kappa shape index (κ3) is 3.34. The smallest absolute Gasteiger partial charge is 0.0628 e. The summed E-state index contributed by atoms with van der Waals surface area (Å²) in [6.45, 7) is 19.7. The summed E-state index contributed by atoms with van der Waals surface area (Å²) in [7, 11) is 0. The van der Waals surface area contributed by atoms with E-state index >= 15 is 0 Å². The Kier molecular flexibility index (Phi) is 5.90. The first kappa shape index (κ1) is 23.6. The third-order valence-electron chi connectivity index (χ3n) is 11.8. The second kappa shape index (κ2) is 7.75. The molecule has 1 nitrogen and oxygen atoms in total. The van der Waals surface area contributed by atoms with Gasteiger partial charge in [0.1, 0.15) is 0 Å². The van der Waals surface area contributed by atoms with E-state index in [1.165, 1.54) is 56.9 Å². The molecule has 4 aliphatic carbocycles. The molecule has 0 aromatic carbocycles. The maximum atomic E-state index is 10.8. The first-order valence-electron chi connectivity index (χ1n) is 13.4. The largest absolute Gasteiger partial charge is 0.392 e. The van der Waals surface area contributed by atoms with Crippen LogP contribution in [0.5, 0.6) is 0 Å². The molecule has 0 spiro atoms. The molecular formula is C30H50O. The molecule has 1 heteroatoms. The number of aliphatic hydroxyl groups excluding tert-OH is 1. The van der Waals surface area contributed by atoms with Crippen molar-refractivity contribution in [2.75, 3.05) is 0 Å². The van der Waals surface area contributed by atoms with Gasteiger partial charge >= 0.3 is 0 Å². The highest BCUT2D eigenvalue weighted by molar-refractivity contribution is 5.30. The molecule has 0 saturated heterocycles. The standard InChI is InChI=1S/C30H50O/c1-20(2)10-9-11-21(3)22-16-17-30(8)25-14-12-23-24(13-15-26(31)27(23,4)5)28(25,6)18-19-29(22,30)7/h10,12,21-22,24-26,31H,9,11,13-19H2,1-8H3/t21-,22-,24-,25-,26-,28+,29-,30-/m1/s1. The predicted octanol–water partition coefficient (Wildman–Crippen LogP) is 8.34. The van der Waals surface area contributed by atoms with Gasteiger partial charge in [-0.3, -0.25) is 0 Å². The first-order chi connectivity index (χ1) is 14.4. The van der Waals surface area contributed by atoms with Gasteiger partial charge in [-0.05, 0) is 112 Å². The molecule has 0 bridgehead atoms. The number of hydrogen-bond acceptors (Lipinski definition) is 1. The van der Waals surface area contributed by atoms with Crippen molar-refractivity contribution >= 4 is 0 Å². The van der Waals surface area contributed by atoms with E-state index in [-0.39, 0.29) is 11.5 Å². The zero-order chi connectivity index (χ0) is 22.8. The van der Waals surface area contributed by atoms with Crippen LogP contribution in [0.4, 0.5) is 0 Å². The van der Waals surface area contributed by atoms with Crippen molar-refractivity contribution in [3.8, 4) is 0 Å². The highest BCUT2D eigenvalue weighted by atomic mass is 16.3. The van der Waals surface area contributed by atoms with Crippen molar-refractivity contribution in [2.45, 2.75) is 119 Å². The number of rotatable bonds is 4. The summed E-state index contributed by atoms with van der Waals surface area (Å²) in [6, 6.07) is 0. The van der Waals surface area contributed by atoms with Gasteiger partial charge in [0.05, 0.1) is 6.10 Å². The minimum atomic E-state index is -0.169. The fourth-order valence-corrected chi connectivity index (χ4v) is 9.47. The Labute approximate surface area is 193 Å². The highest BCUT2D eigenvalue weighted by Crippen LogP contribution is 2.74. The average molecular weight is 427 g/mol.